The summed E-state index contributed by atoms with van der Waals surface area (Å²) >= 11 is 0. The van der Waals surface area contributed by atoms with Gasteiger partial charge in [-0.2, -0.15) is 0 Å². The van der Waals surface area contributed by atoms with E-state index >= 15 is 0 Å². The quantitative estimate of drug-likeness (QED) is 0.878. The molecule has 1 saturated carbocycles. The number of hydrogen-bond acceptors (Lipinski definition) is 4. The van der Waals surface area contributed by atoms with Crippen molar-refractivity contribution < 1.29 is 4.79 Å². The van der Waals surface area contributed by atoms with Crippen LogP contribution in [0.15, 0.2) is 35.3 Å². The number of aliphatic imine (C=N–C) groups is 1. The number of aromatic nitrogens is 1. The second kappa shape index (κ2) is 6.69. The predicted molar refractivity (Wildman–Crippen MR) is 90.7 cm³/mol. The van der Waals surface area contributed by atoms with E-state index in [-0.39, 0.29) is 0 Å². The fraction of sp³-hybridized carbons (Fsp3) is 0.389. The number of Topliss-reactive ketones (excluding diaryl/α,β-unsaturated/α-hetero) is 1. The first-order valence-electron chi connectivity index (χ1n) is 7.86. The van der Waals surface area contributed by atoms with E-state index < -0.39 is 0 Å². The van der Waals surface area contributed by atoms with Gasteiger partial charge in [-0.15, -0.1) is 0 Å². The molecule has 1 N–H and O–H groups in total. The smallest absolute Gasteiger partial charge is 0.138 e. The van der Waals surface area contributed by atoms with E-state index in [1.54, 1.807) is 0 Å². The summed E-state index contributed by atoms with van der Waals surface area (Å²) in [5, 5.41) is 4.51. The maximum Gasteiger partial charge on any atom is 0.138 e. The highest BCUT2D eigenvalue weighted by Crippen LogP contribution is 2.19. The molecular formula is C18H21N3O. The average Bonchev–Trinajstić information content (AvgIpc) is 2.52. The lowest BCUT2D eigenvalue weighted by atomic mass is 9.97. The molecule has 0 unspecified atom stereocenters. The number of nitrogens with zero attached hydrogens (tertiary/aromatic N) is 2. The maximum absolute atomic E-state index is 11.4. The molecule has 22 heavy (non-hydrogen) atoms. The summed E-state index contributed by atoms with van der Waals surface area (Å²) in [4.78, 5) is 20.5. The molecule has 1 aromatic carbocycles. The van der Waals surface area contributed by atoms with Gasteiger partial charge in [-0.25, -0.2) is 4.98 Å². The van der Waals surface area contributed by atoms with E-state index in [2.05, 4.69) is 34.3 Å². The molecule has 0 amide bonds. The number of hydrogen-bond donors (Lipinski definition) is 1. The molecule has 114 valence electrons. The van der Waals surface area contributed by atoms with Crippen LogP contribution in [-0.4, -0.2) is 29.6 Å². The number of ketones is 1. The van der Waals surface area contributed by atoms with Gasteiger partial charge in [-0.3, -0.25) is 9.79 Å². The Morgan fingerprint density at radius 1 is 1.27 bits per heavy atom. The SMILES string of the molecule is Cc1cc(NCCN=C2CCCC(=O)C2)nc2ccccc12. The number of carbonyl (C=O) groups is 1. The second-order valence-electron chi connectivity index (χ2n) is 5.79. The Morgan fingerprint density at radius 3 is 3.00 bits per heavy atom. The largest absolute Gasteiger partial charge is 0.368 e. The van der Waals surface area contributed by atoms with Crippen LogP contribution in [0.1, 0.15) is 31.2 Å². The Hall–Kier alpha value is -2.23. The summed E-state index contributed by atoms with van der Waals surface area (Å²) in [6, 6.07) is 10.2. The molecule has 0 saturated heterocycles. The number of carbonyl (C=O) groups excluding carboxylic acids is 1. The van der Waals surface area contributed by atoms with Crippen LogP contribution < -0.4 is 5.32 Å². The van der Waals surface area contributed by atoms with Crippen molar-refractivity contribution in [3.05, 3.63) is 35.9 Å². The first-order chi connectivity index (χ1) is 10.7. The van der Waals surface area contributed by atoms with Crippen LogP contribution in [0.4, 0.5) is 5.82 Å². The lowest BCUT2D eigenvalue weighted by molar-refractivity contribution is -0.118. The zero-order valence-electron chi connectivity index (χ0n) is 12.9. The molecule has 2 aromatic rings. The van der Waals surface area contributed by atoms with Crippen molar-refractivity contribution >= 4 is 28.2 Å². The molecule has 0 aliphatic heterocycles. The number of nitrogens with one attached hydrogen (secondary N) is 1. The fourth-order valence-corrected chi connectivity index (χ4v) is 2.87. The van der Waals surface area contributed by atoms with Gasteiger partial charge in [0.15, 0.2) is 0 Å². The third-order valence-corrected chi connectivity index (χ3v) is 4.00. The topological polar surface area (TPSA) is 54.4 Å². The van der Waals surface area contributed by atoms with E-state index in [4.69, 9.17) is 0 Å². The van der Waals surface area contributed by atoms with Gasteiger partial charge < -0.3 is 5.32 Å². The van der Waals surface area contributed by atoms with Crippen LogP contribution in [-0.2, 0) is 4.79 Å². The predicted octanol–water partition coefficient (Wildman–Crippen LogP) is 3.54. The van der Waals surface area contributed by atoms with E-state index in [1.807, 2.05) is 18.2 Å². The number of benzene rings is 1. The van der Waals surface area contributed by atoms with Crippen molar-refractivity contribution in [3.63, 3.8) is 0 Å². The van der Waals surface area contributed by atoms with E-state index in [0.29, 0.717) is 18.7 Å². The van der Waals surface area contributed by atoms with Gasteiger partial charge >= 0.3 is 0 Å². The number of pyridine rings is 1. The zero-order valence-corrected chi connectivity index (χ0v) is 12.9. The molecule has 1 aliphatic carbocycles. The Morgan fingerprint density at radius 2 is 2.14 bits per heavy atom. The van der Waals surface area contributed by atoms with Gasteiger partial charge in [-0.1, -0.05) is 18.2 Å². The molecule has 1 heterocycles. The summed E-state index contributed by atoms with van der Waals surface area (Å²) in [5.74, 6) is 1.21. The average molecular weight is 295 g/mol. The highest BCUT2D eigenvalue weighted by molar-refractivity contribution is 6.03. The van der Waals surface area contributed by atoms with Crippen LogP contribution in [0.2, 0.25) is 0 Å². The van der Waals surface area contributed by atoms with Crippen molar-refractivity contribution in [2.45, 2.75) is 32.6 Å². The van der Waals surface area contributed by atoms with Crippen LogP contribution >= 0.6 is 0 Å². The molecule has 4 nitrogen and oxygen atoms in total. The van der Waals surface area contributed by atoms with E-state index in [9.17, 15) is 4.79 Å². The van der Waals surface area contributed by atoms with Crippen LogP contribution in [0.5, 0.6) is 0 Å². The summed E-state index contributed by atoms with van der Waals surface area (Å²) in [6.07, 6.45) is 3.19. The summed E-state index contributed by atoms with van der Waals surface area (Å²) in [5.41, 5.74) is 3.28. The monoisotopic (exact) mass is 295 g/mol. The number of anilines is 1. The van der Waals surface area contributed by atoms with Crippen molar-refractivity contribution in [3.8, 4) is 0 Å². The molecule has 1 aliphatic rings. The van der Waals surface area contributed by atoms with Crippen LogP contribution in [0, 0.1) is 6.92 Å². The number of rotatable bonds is 4. The maximum atomic E-state index is 11.4. The summed E-state index contributed by atoms with van der Waals surface area (Å²) < 4.78 is 0. The second-order valence-corrected chi connectivity index (χ2v) is 5.79. The molecule has 1 fully saturated rings. The lowest BCUT2D eigenvalue weighted by Gasteiger charge is -2.12. The molecular weight excluding hydrogens is 274 g/mol. The van der Waals surface area contributed by atoms with E-state index in [1.165, 1.54) is 10.9 Å². The number of aryl methyl sites for hydroxylation is 1. The fourth-order valence-electron chi connectivity index (χ4n) is 2.87. The van der Waals surface area contributed by atoms with Crippen molar-refractivity contribution in [2.75, 3.05) is 18.4 Å². The molecule has 0 bridgehead atoms. The van der Waals surface area contributed by atoms with Crippen molar-refractivity contribution in [1.29, 1.82) is 0 Å². The van der Waals surface area contributed by atoms with Crippen molar-refractivity contribution in [1.82, 2.24) is 4.98 Å². The Labute approximate surface area is 130 Å². The molecule has 0 atom stereocenters. The number of fused-ring (bicyclic) bond motifs is 1. The molecule has 3 rings (SSSR count). The summed E-state index contributed by atoms with van der Waals surface area (Å²) in [7, 11) is 0. The Balaban J connectivity index is 1.60. The minimum absolute atomic E-state index is 0.324. The molecule has 1 aromatic heterocycles. The highest BCUT2D eigenvalue weighted by Gasteiger charge is 2.13. The third-order valence-electron chi connectivity index (χ3n) is 4.00. The van der Waals surface area contributed by atoms with Gasteiger partial charge in [0.25, 0.3) is 0 Å². The number of para-hydroxylation sites is 1. The van der Waals surface area contributed by atoms with E-state index in [0.717, 1.165) is 42.9 Å². The lowest BCUT2D eigenvalue weighted by Crippen LogP contribution is -2.16. The van der Waals surface area contributed by atoms with Gasteiger partial charge in [0, 0.05) is 30.5 Å². The first-order valence-corrected chi connectivity index (χ1v) is 7.86. The van der Waals surface area contributed by atoms with Gasteiger partial charge in [0.2, 0.25) is 0 Å². The standard InChI is InChI=1S/C18H21N3O/c1-13-11-18(21-17-8-3-2-7-16(13)17)20-10-9-19-14-5-4-6-15(22)12-14/h2-3,7-8,11H,4-6,9-10,12H2,1H3,(H,20,21). The van der Waals surface area contributed by atoms with Crippen molar-refractivity contribution in [2.24, 2.45) is 4.99 Å². The minimum atomic E-state index is 0.324. The third kappa shape index (κ3) is 3.50. The normalized spacial score (nSPS) is 17.1. The molecule has 4 heteroatoms. The highest BCUT2D eigenvalue weighted by atomic mass is 16.1. The van der Waals surface area contributed by atoms with Gasteiger partial charge in [0.05, 0.1) is 12.1 Å². The van der Waals surface area contributed by atoms with Crippen LogP contribution in [0.3, 0.4) is 0 Å². The van der Waals surface area contributed by atoms with Crippen LogP contribution in [0.25, 0.3) is 10.9 Å². The summed E-state index contributed by atoms with van der Waals surface area (Å²) in [6.45, 7) is 3.53. The molecule has 0 spiro atoms. The Bertz CT molecular complexity index is 721. The van der Waals surface area contributed by atoms with Gasteiger partial charge in [-0.05, 0) is 37.5 Å². The molecule has 0 radical (unpaired) electrons. The first kappa shape index (κ1) is 14.7. The zero-order chi connectivity index (χ0) is 15.4. The Kier molecular flexibility index (Phi) is 4.47. The van der Waals surface area contributed by atoms with Gasteiger partial charge in [0.1, 0.15) is 11.6 Å². The minimum Gasteiger partial charge on any atom is -0.368 e.